The molecule has 0 aliphatic heterocycles. The van der Waals surface area contributed by atoms with Gasteiger partial charge in [0.15, 0.2) is 0 Å². The van der Waals surface area contributed by atoms with Gasteiger partial charge in [0.2, 0.25) is 0 Å². The molecule has 4 aromatic carbocycles. The predicted octanol–water partition coefficient (Wildman–Crippen LogP) is 2.68. The molecule has 0 spiro atoms. The molecule has 0 saturated heterocycles. The van der Waals surface area contributed by atoms with Gasteiger partial charge in [-0.25, -0.2) is 0 Å². The molecule has 2 aliphatic rings. The predicted molar refractivity (Wildman–Crippen MR) is 189 cm³/mol. The van der Waals surface area contributed by atoms with Crippen LogP contribution in [0.3, 0.4) is 0 Å². The van der Waals surface area contributed by atoms with Gasteiger partial charge in [-0.1, -0.05) is 0 Å². The van der Waals surface area contributed by atoms with Gasteiger partial charge in [0.1, 0.15) is 0 Å². The third-order valence-electron chi connectivity index (χ3n) is 9.79. The van der Waals surface area contributed by atoms with Gasteiger partial charge in [-0.05, 0) is 0 Å². The summed E-state index contributed by atoms with van der Waals surface area (Å²) >= 11 is -2.81. The summed E-state index contributed by atoms with van der Waals surface area (Å²) in [5, 5.41) is 2.65. The molecule has 0 nitrogen and oxygen atoms in total. The maximum atomic E-state index is 4.71. The van der Waals surface area contributed by atoms with Crippen LogP contribution in [-0.4, -0.2) is 0 Å². The van der Waals surface area contributed by atoms with E-state index in [0.717, 1.165) is 11.6 Å². The maximum absolute atomic E-state index is 4.71. The van der Waals surface area contributed by atoms with Crippen LogP contribution in [0.2, 0.25) is 0 Å². The van der Waals surface area contributed by atoms with Crippen molar-refractivity contribution in [1.82, 2.24) is 0 Å². The second-order valence-electron chi connectivity index (χ2n) is 15.1. The number of fused-ring (bicyclic) bond motifs is 3. The SMILES string of the molecule is C=c1cc2c(c(C3=CC=CC3)c1C(C)(C)C)=[C]([Zr+2]([c]1ccc(C)c(C)c1)[c]1ccc(C)c(C)c1)c1cc(C(C)(C)C)ccc1-2.[Cl-].[Cl-]. The molecular weight excluding hydrogens is 679 g/mol. The van der Waals surface area contributed by atoms with Crippen LogP contribution in [-0.2, 0) is 32.6 Å². The normalized spacial score (nSPS) is 13.5. The van der Waals surface area contributed by atoms with Gasteiger partial charge in [0.25, 0.3) is 0 Å². The summed E-state index contributed by atoms with van der Waals surface area (Å²) in [5.74, 6) is 0. The Morgan fingerprint density at radius 3 is 1.70 bits per heavy atom. The Labute approximate surface area is 297 Å². The first-order valence-corrected chi connectivity index (χ1v) is 19.8. The fourth-order valence-electron chi connectivity index (χ4n) is 7.12. The van der Waals surface area contributed by atoms with Crippen LogP contribution in [0.15, 0.2) is 78.9 Å². The molecule has 0 atom stereocenters. The van der Waals surface area contributed by atoms with Crippen molar-refractivity contribution < 1.29 is 46.6 Å². The maximum Gasteiger partial charge on any atom is -1.00 e. The fraction of sp³-hybridized carbons (Fsp3) is 0.302. The van der Waals surface area contributed by atoms with Crippen molar-refractivity contribution in [1.29, 1.82) is 0 Å². The Morgan fingerprint density at radius 2 is 1.22 bits per heavy atom. The molecule has 0 amide bonds. The van der Waals surface area contributed by atoms with Gasteiger partial charge in [-0.15, -0.1) is 0 Å². The third kappa shape index (κ3) is 6.38. The summed E-state index contributed by atoms with van der Waals surface area (Å²) in [6.07, 6.45) is 7.90. The Morgan fingerprint density at radius 1 is 0.630 bits per heavy atom. The third-order valence-corrected chi connectivity index (χ3v) is 16.7. The Balaban J connectivity index is 0.00000240. The Hall–Kier alpha value is -2.44. The first kappa shape index (κ1) is 36.4. The number of allylic oxidation sites excluding steroid dienone is 4. The van der Waals surface area contributed by atoms with E-state index in [1.807, 2.05) is 0 Å². The molecule has 237 valence electrons. The quantitative estimate of drug-likeness (QED) is 0.304. The van der Waals surface area contributed by atoms with E-state index in [9.17, 15) is 0 Å². The van der Waals surface area contributed by atoms with Crippen LogP contribution in [0.1, 0.15) is 92.5 Å². The minimum atomic E-state index is -2.81. The molecule has 3 heteroatoms. The van der Waals surface area contributed by atoms with Gasteiger partial charge in [-0.3, -0.25) is 0 Å². The van der Waals surface area contributed by atoms with Crippen molar-refractivity contribution in [2.45, 2.75) is 86.5 Å². The molecule has 6 rings (SSSR count). The molecule has 0 heterocycles. The molecule has 0 radical (unpaired) electrons. The van der Waals surface area contributed by atoms with Crippen LogP contribution in [0.25, 0.3) is 26.6 Å². The average molecular weight is 726 g/mol. The molecule has 0 aromatic heterocycles. The van der Waals surface area contributed by atoms with E-state index in [1.165, 1.54) is 66.4 Å². The van der Waals surface area contributed by atoms with Crippen molar-refractivity contribution in [2.24, 2.45) is 0 Å². The first-order chi connectivity index (χ1) is 20.7. The van der Waals surface area contributed by atoms with Crippen molar-refractivity contribution in [3.8, 4) is 11.1 Å². The molecule has 0 fully saturated rings. The summed E-state index contributed by atoms with van der Waals surface area (Å²) in [6.45, 7) is 27.9. The van der Waals surface area contributed by atoms with Crippen LogP contribution >= 0.6 is 0 Å². The summed E-state index contributed by atoms with van der Waals surface area (Å²) in [6, 6.07) is 24.5. The fourth-order valence-corrected chi connectivity index (χ4v) is 14.8. The molecule has 0 N–H and O–H groups in total. The van der Waals surface area contributed by atoms with Crippen LogP contribution < -0.4 is 41.8 Å². The second kappa shape index (κ2) is 13.2. The zero-order valence-electron chi connectivity index (χ0n) is 29.2. The van der Waals surface area contributed by atoms with Crippen LogP contribution in [0.4, 0.5) is 0 Å². The summed E-state index contributed by atoms with van der Waals surface area (Å²) < 4.78 is 4.73. The molecule has 0 unspecified atom stereocenters. The van der Waals surface area contributed by atoms with Gasteiger partial charge in [0, 0.05) is 0 Å². The van der Waals surface area contributed by atoms with Gasteiger partial charge in [0.05, 0.1) is 0 Å². The standard InChI is InChI=1S/C27H29.2C8H9.2ClH.Zr/c1-17-14-22-21-13-12-20(26(2,3)4)15-19(21)16-23(22)24(18-10-8-9-11-18)25(17)27(5,6)7;2*1-7-5-3-4-6-8(7)2;;;/h8-10,12-15H,1,11H2,2-7H3;2*3,5-6H,1-2H3;2*1H;/q;;;;;+2/p-2. The van der Waals surface area contributed by atoms with Gasteiger partial charge >= 0.3 is 275 Å². The van der Waals surface area contributed by atoms with Crippen molar-refractivity contribution in [2.75, 3.05) is 0 Å². The Bertz CT molecular complexity index is 1960. The zero-order valence-corrected chi connectivity index (χ0v) is 33.1. The van der Waals surface area contributed by atoms with Crippen LogP contribution in [0, 0.1) is 27.7 Å². The van der Waals surface area contributed by atoms with Crippen molar-refractivity contribution in [3.63, 3.8) is 0 Å². The first-order valence-electron chi connectivity index (χ1n) is 16.1. The molecule has 46 heavy (non-hydrogen) atoms. The average Bonchev–Trinajstić information content (AvgIpc) is 3.58. The number of aryl methyl sites for hydroxylation is 4. The monoisotopic (exact) mass is 723 g/mol. The molecule has 2 aliphatic carbocycles. The number of halogens is 2. The van der Waals surface area contributed by atoms with E-state index in [-0.39, 0.29) is 35.6 Å². The van der Waals surface area contributed by atoms with Crippen molar-refractivity contribution >= 4 is 22.0 Å². The molecule has 0 bridgehead atoms. The molecular formula is C43H47Cl2Zr. The van der Waals surface area contributed by atoms with Gasteiger partial charge in [-0.2, -0.15) is 0 Å². The summed E-state index contributed by atoms with van der Waals surface area (Å²) in [4.78, 5) is 0. The number of hydrogen-bond acceptors (Lipinski definition) is 0. The van der Waals surface area contributed by atoms with E-state index in [4.69, 9.17) is 6.58 Å². The summed E-state index contributed by atoms with van der Waals surface area (Å²) in [7, 11) is 0. The summed E-state index contributed by atoms with van der Waals surface area (Å²) in [5.41, 5.74) is 15.4. The molecule has 4 aromatic rings. The smallest absolute Gasteiger partial charge is 1.00 e. The Kier molecular flexibility index (Phi) is 10.5. The van der Waals surface area contributed by atoms with Crippen molar-refractivity contribution in [3.05, 3.63) is 134 Å². The number of rotatable bonds is 4. The molecule has 0 saturated carbocycles. The van der Waals surface area contributed by atoms with E-state index in [1.54, 1.807) is 9.82 Å². The zero-order chi connectivity index (χ0) is 31.7. The second-order valence-corrected chi connectivity index (χ2v) is 21.1. The van der Waals surface area contributed by atoms with Crippen LogP contribution in [0.5, 0.6) is 0 Å². The minimum absolute atomic E-state index is 0. The number of hydrogen-bond donors (Lipinski definition) is 0. The largest absolute Gasteiger partial charge is 1.00 e. The minimum Gasteiger partial charge on any atom is -1.00 e. The number of benzene rings is 4. The topological polar surface area (TPSA) is 0 Å². The van der Waals surface area contributed by atoms with E-state index in [0.29, 0.717) is 0 Å². The van der Waals surface area contributed by atoms with E-state index < -0.39 is 21.8 Å². The van der Waals surface area contributed by atoms with E-state index in [2.05, 4.69) is 148 Å². The van der Waals surface area contributed by atoms with Gasteiger partial charge < -0.3 is 24.8 Å². The van der Waals surface area contributed by atoms with E-state index >= 15 is 0 Å².